The molecule has 0 aliphatic rings. The minimum Gasteiger partial charge on any atom is -0.351 e. The third-order valence-corrected chi connectivity index (χ3v) is 3.01. The van der Waals surface area contributed by atoms with E-state index in [0.717, 1.165) is 17.4 Å². The fourth-order valence-corrected chi connectivity index (χ4v) is 1.94. The van der Waals surface area contributed by atoms with E-state index in [4.69, 9.17) is 11.6 Å². The molecular weight excluding hydrogens is 297 g/mol. The van der Waals surface area contributed by atoms with E-state index < -0.39 is 5.82 Å². The number of carbonyl (C=O) groups excluding carboxylic acids is 2. The number of anilines is 1. The Labute approximate surface area is 128 Å². The van der Waals surface area contributed by atoms with E-state index in [-0.39, 0.29) is 29.9 Å². The lowest BCUT2D eigenvalue weighted by molar-refractivity contribution is -0.862. The van der Waals surface area contributed by atoms with Crippen LogP contribution < -0.4 is 15.5 Å². The number of halogens is 2. The molecule has 5 nitrogen and oxygen atoms in total. The first kappa shape index (κ1) is 17.4. The fourth-order valence-electron chi connectivity index (χ4n) is 1.72. The van der Waals surface area contributed by atoms with Gasteiger partial charge < -0.3 is 15.5 Å². The number of quaternary nitrogens is 1. The Balaban J connectivity index is 2.44. The number of likely N-dealkylation sites (N-methyl/N-ethyl adjacent to an activating group) is 1. The van der Waals surface area contributed by atoms with Gasteiger partial charge in [-0.2, -0.15) is 0 Å². The minimum absolute atomic E-state index is 0.0954. The van der Waals surface area contributed by atoms with E-state index in [1.54, 1.807) is 7.05 Å². The van der Waals surface area contributed by atoms with E-state index in [2.05, 4.69) is 10.6 Å². The number of amides is 2. The lowest BCUT2D eigenvalue weighted by Gasteiger charge is -2.14. The monoisotopic (exact) mass is 316 g/mol. The summed E-state index contributed by atoms with van der Waals surface area (Å²) in [5.74, 6) is -0.848. The topological polar surface area (TPSA) is 62.6 Å². The average Bonchev–Trinajstić information content (AvgIpc) is 2.39. The highest BCUT2D eigenvalue weighted by atomic mass is 35.5. The smallest absolute Gasteiger partial charge is 0.279 e. The Kier molecular flexibility index (Phi) is 7.11. The molecule has 116 valence electrons. The molecule has 3 N–H and O–H groups in total. The lowest BCUT2D eigenvalue weighted by atomic mass is 10.3. The van der Waals surface area contributed by atoms with Gasteiger partial charge in [0.25, 0.3) is 11.8 Å². The standard InChI is InChI=1S/C14H19ClFN3O2/c1-3-6-17-13(20)8-19(2)9-14(21)18-12-5-4-10(16)7-11(12)15/h4-5,7H,3,6,8-9H2,1-2H3,(H,17,20)(H,18,21)/p+1. The summed E-state index contributed by atoms with van der Waals surface area (Å²) in [6, 6.07) is 3.75. The summed E-state index contributed by atoms with van der Waals surface area (Å²) in [6.07, 6.45) is 0.869. The molecule has 1 unspecified atom stereocenters. The van der Waals surface area contributed by atoms with E-state index in [1.807, 2.05) is 6.92 Å². The van der Waals surface area contributed by atoms with Crippen molar-refractivity contribution in [1.82, 2.24) is 5.32 Å². The molecule has 2 amide bonds. The number of carbonyl (C=O) groups is 2. The molecule has 0 fully saturated rings. The molecule has 1 rings (SSSR count). The zero-order valence-corrected chi connectivity index (χ0v) is 12.9. The van der Waals surface area contributed by atoms with E-state index in [1.165, 1.54) is 12.1 Å². The summed E-state index contributed by atoms with van der Waals surface area (Å²) in [5, 5.41) is 5.48. The van der Waals surface area contributed by atoms with Gasteiger partial charge >= 0.3 is 0 Å². The summed E-state index contributed by atoms with van der Waals surface area (Å²) >= 11 is 5.83. The van der Waals surface area contributed by atoms with Crippen molar-refractivity contribution in [3.05, 3.63) is 29.0 Å². The van der Waals surface area contributed by atoms with Crippen molar-refractivity contribution in [3.63, 3.8) is 0 Å². The van der Waals surface area contributed by atoms with Crippen LogP contribution in [-0.2, 0) is 9.59 Å². The molecule has 0 bridgehead atoms. The van der Waals surface area contributed by atoms with Crippen LogP contribution in [-0.4, -0.2) is 38.5 Å². The molecule has 0 aliphatic carbocycles. The molecule has 0 saturated heterocycles. The Bertz CT molecular complexity index is 511. The first-order valence-electron chi connectivity index (χ1n) is 6.75. The van der Waals surface area contributed by atoms with Crippen LogP contribution in [0.5, 0.6) is 0 Å². The zero-order chi connectivity index (χ0) is 15.8. The van der Waals surface area contributed by atoms with Crippen molar-refractivity contribution >= 4 is 29.1 Å². The number of rotatable bonds is 7. The fraction of sp³-hybridized carbons (Fsp3) is 0.429. The number of hydrogen-bond acceptors (Lipinski definition) is 2. The van der Waals surface area contributed by atoms with Gasteiger partial charge in [-0.15, -0.1) is 0 Å². The van der Waals surface area contributed by atoms with Crippen molar-refractivity contribution in [2.75, 3.05) is 32.0 Å². The van der Waals surface area contributed by atoms with Crippen LogP contribution in [0.15, 0.2) is 18.2 Å². The Morgan fingerprint density at radius 3 is 2.57 bits per heavy atom. The van der Waals surface area contributed by atoms with Crippen LogP contribution in [0.3, 0.4) is 0 Å². The van der Waals surface area contributed by atoms with Crippen LogP contribution in [0, 0.1) is 5.82 Å². The molecule has 0 heterocycles. The van der Waals surface area contributed by atoms with Gasteiger partial charge in [-0.25, -0.2) is 4.39 Å². The molecule has 0 spiro atoms. The number of benzene rings is 1. The molecule has 7 heteroatoms. The van der Waals surface area contributed by atoms with Gasteiger partial charge in [0, 0.05) is 6.54 Å². The maximum atomic E-state index is 12.9. The van der Waals surface area contributed by atoms with E-state index in [0.29, 0.717) is 12.2 Å². The van der Waals surface area contributed by atoms with Crippen LogP contribution in [0.2, 0.25) is 5.02 Å². The second-order valence-electron chi connectivity index (χ2n) is 4.83. The van der Waals surface area contributed by atoms with Gasteiger partial charge in [-0.05, 0) is 24.6 Å². The van der Waals surface area contributed by atoms with Crippen LogP contribution in [0.25, 0.3) is 0 Å². The molecule has 0 saturated carbocycles. The first-order chi connectivity index (χ1) is 9.92. The highest BCUT2D eigenvalue weighted by Gasteiger charge is 2.14. The predicted molar refractivity (Wildman–Crippen MR) is 80.0 cm³/mol. The molecule has 21 heavy (non-hydrogen) atoms. The van der Waals surface area contributed by atoms with Gasteiger partial charge in [0.2, 0.25) is 0 Å². The van der Waals surface area contributed by atoms with Gasteiger partial charge in [-0.1, -0.05) is 18.5 Å². The van der Waals surface area contributed by atoms with Crippen molar-refractivity contribution in [3.8, 4) is 0 Å². The summed E-state index contributed by atoms with van der Waals surface area (Å²) < 4.78 is 12.9. The quantitative estimate of drug-likeness (QED) is 0.684. The summed E-state index contributed by atoms with van der Waals surface area (Å²) in [6.45, 7) is 2.93. The maximum Gasteiger partial charge on any atom is 0.279 e. The second-order valence-corrected chi connectivity index (χ2v) is 5.24. The van der Waals surface area contributed by atoms with Crippen molar-refractivity contribution in [2.24, 2.45) is 0 Å². The van der Waals surface area contributed by atoms with E-state index >= 15 is 0 Å². The highest BCUT2D eigenvalue weighted by Crippen LogP contribution is 2.21. The third-order valence-electron chi connectivity index (χ3n) is 2.70. The zero-order valence-electron chi connectivity index (χ0n) is 12.1. The molecule has 0 radical (unpaired) electrons. The van der Waals surface area contributed by atoms with Gasteiger partial charge in [0.05, 0.1) is 17.8 Å². The second kappa shape index (κ2) is 8.59. The predicted octanol–water partition coefficient (Wildman–Crippen LogP) is 0.459. The van der Waals surface area contributed by atoms with Gasteiger partial charge in [-0.3, -0.25) is 9.59 Å². The molecule has 1 atom stereocenters. The molecular formula is C14H20ClFN3O2+. The maximum absolute atomic E-state index is 12.9. The summed E-state index contributed by atoms with van der Waals surface area (Å²) in [5.41, 5.74) is 0.353. The Hall–Kier alpha value is -1.66. The Morgan fingerprint density at radius 2 is 1.95 bits per heavy atom. The normalized spacial score (nSPS) is 11.8. The van der Waals surface area contributed by atoms with Crippen LogP contribution in [0.1, 0.15) is 13.3 Å². The lowest BCUT2D eigenvalue weighted by Crippen LogP contribution is -3.11. The largest absolute Gasteiger partial charge is 0.351 e. The average molecular weight is 317 g/mol. The minimum atomic E-state index is -0.465. The van der Waals surface area contributed by atoms with Crippen molar-refractivity contribution in [1.29, 1.82) is 0 Å². The van der Waals surface area contributed by atoms with Crippen molar-refractivity contribution in [2.45, 2.75) is 13.3 Å². The Morgan fingerprint density at radius 1 is 1.29 bits per heavy atom. The summed E-state index contributed by atoms with van der Waals surface area (Å²) in [4.78, 5) is 24.1. The SMILES string of the molecule is CCCNC(=O)C[NH+](C)CC(=O)Nc1ccc(F)cc1Cl. The van der Waals surface area contributed by atoms with Crippen LogP contribution in [0.4, 0.5) is 10.1 Å². The third kappa shape index (κ3) is 6.55. The number of nitrogens with one attached hydrogen (secondary N) is 3. The highest BCUT2D eigenvalue weighted by molar-refractivity contribution is 6.33. The summed E-state index contributed by atoms with van der Waals surface area (Å²) in [7, 11) is 1.75. The molecule has 0 aliphatic heterocycles. The molecule has 0 aromatic heterocycles. The molecule has 1 aromatic carbocycles. The van der Waals surface area contributed by atoms with Gasteiger partial charge in [0.15, 0.2) is 13.1 Å². The first-order valence-corrected chi connectivity index (χ1v) is 7.13. The number of hydrogen-bond donors (Lipinski definition) is 3. The molecule has 1 aromatic rings. The van der Waals surface area contributed by atoms with E-state index in [9.17, 15) is 14.0 Å². The van der Waals surface area contributed by atoms with Crippen molar-refractivity contribution < 1.29 is 18.9 Å². The van der Waals surface area contributed by atoms with Gasteiger partial charge in [0.1, 0.15) is 5.82 Å². The van der Waals surface area contributed by atoms with Crippen LogP contribution >= 0.6 is 11.6 Å².